The van der Waals surface area contributed by atoms with Crippen LogP contribution in [0.3, 0.4) is 0 Å². The molecule has 0 N–H and O–H groups in total. The first-order valence-electron chi connectivity index (χ1n) is 5.52. The SMILES string of the molecule is COC(=O)CCCn1ccc2ccc(Cl)cc21. The zero-order valence-electron chi connectivity index (χ0n) is 9.65. The lowest BCUT2D eigenvalue weighted by molar-refractivity contribution is -0.140. The van der Waals surface area contributed by atoms with Crippen molar-refractivity contribution in [2.45, 2.75) is 19.4 Å². The molecule has 1 aromatic carbocycles. The molecule has 4 heteroatoms. The smallest absolute Gasteiger partial charge is 0.305 e. The predicted octanol–water partition coefficient (Wildman–Crippen LogP) is 3.25. The Morgan fingerprint density at radius 1 is 1.41 bits per heavy atom. The maximum absolute atomic E-state index is 11.0. The number of aryl methyl sites for hydroxylation is 1. The van der Waals surface area contributed by atoms with Crippen molar-refractivity contribution in [3.8, 4) is 0 Å². The Morgan fingerprint density at radius 2 is 2.24 bits per heavy atom. The van der Waals surface area contributed by atoms with E-state index in [-0.39, 0.29) is 5.97 Å². The van der Waals surface area contributed by atoms with Crippen molar-refractivity contribution < 1.29 is 9.53 Å². The molecule has 0 saturated heterocycles. The normalized spacial score (nSPS) is 10.7. The zero-order valence-corrected chi connectivity index (χ0v) is 10.4. The summed E-state index contributed by atoms with van der Waals surface area (Å²) < 4.78 is 6.71. The lowest BCUT2D eigenvalue weighted by atomic mass is 10.2. The van der Waals surface area contributed by atoms with Crippen LogP contribution in [0, 0.1) is 0 Å². The third kappa shape index (κ3) is 2.80. The number of carbonyl (C=O) groups excluding carboxylic acids is 1. The summed E-state index contributed by atoms with van der Waals surface area (Å²) in [6.45, 7) is 0.791. The second-order valence-electron chi connectivity index (χ2n) is 3.89. The Kier molecular flexibility index (Phi) is 3.69. The Morgan fingerprint density at radius 3 is 3.00 bits per heavy atom. The molecule has 1 heterocycles. The zero-order chi connectivity index (χ0) is 12.3. The van der Waals surface area contributed by atoms with Crippen LogP contribution >= 0.6 is 11.6 Å². The number of ether oxygens (including phenoxy) is 1. The predicted molar refractivity (Wildman–Crippen MR) is 68.2 cm³/mol. The Hall–Kier alpha value is -1.48. The summed E-state index contributed by atoms with van der Waals surface area (Å²) in [6, 6.07) is 7.86. The van der Waals surface area contributed by atoms with E-state index < -0.39 is 0 Å². The highest BCUT2D eigenvalue weighted by Crippen LogP contribution is 2.20. The average Bonchev–Trinajstić information content (AvgIpc) is 2.72. The van der Waals surface area contributed by atoms with Crippen molar-refractivity contribution in [1.82, 2.24) is 4.57 Å². The van der Waals surface area contributed by atoms with E-state index in [9.17, 15) is 4.79 Å². The van der Waals surface area contributed by atoms with Gasteiger partial charge in [-0.3, -0.25) is 4.79 Å². The minimum Gasteiger partial charge on any atom is -0.469 e. The van der Waals surface area contributed by atoms with Gasteiger partial charge < -0.3 is 9.30 Å². The third-order valence-electron chi connectivity index (χ3n) is 2.74. The molecule has 0 unspecified atom stereocenters. The first kappa shape index (κ1) is 12.0. The minimum atomic E-state index is -0.167. The van der Waals surface area contributed by atoms with E-state index in [1.54, 1.807) is 0 Å². The number of benzene rings is 1. The molecule has 0 spiro atoms. The van der Waals surface area contributed by atoms with Gasteiger partial charge in [-0.15, -0.1) is 0 Å². The quantitative estimate of drug-likeness (QED) is 0.781. The summed E-state index contributed by atoms with van der Waals surface area (Å²) in [4.78, 5) is 11.0. The van der Waals surface area contributed by atoms with Gasteiger partial charge in [0.2, 0.25) is 0 Å². The summed E-state index contributed by atoms with van der Waals surface area (Å²) in [5, 5.41) is 1.89. The summed E-state index contributed by atoms with van der Waals surface area (Å²) >= 11 is 5.97. The van der Waals surface area contributed by atoms with Gasteiger partial charge in [0.25, 0.3) is 0 Å². The Balaban J connectivity index is 2.08. The van der Waals surface area contributed by atoms with E-state index in [4.69, 9.17) is 11.6 Å². The maximum Gasteiger partial charge on any atom is 0.305 e. The first-order valence-corrected chi connectivity index (χ1v) is 5.90. The molecule has 3 nitrogen and oxygen atoms in total. The van der Waals surface area contributed by atoms with Gasteiger partial charge in [0.1, 0.15) is 0 Å². The van der Waals surface area contributed by atoms with Gasteiger partial charge in [0.05, 0.1) is 7.11 Å². The molecular weight excluding hydrogens is 238 g/mol. The molecule has 0 aliphatic carbocycles. The summed E-state index contributed by atoms with van der Waals surface area (Å²) in [5.74, 6) is -0.167. The number of rotatable bonds is 4. The molecule has 0 atom stereocenters. The van der Waals surface area contributed by atoms with E-state index in [1.165, 1.54) is 7.11 Å². The van der Waals surface area contributed by atoms with E-state index in [0.29, 0.717) is 6.42 Å². The molecule has 0 fully saturated rings. The number of hydrogen-bond donors (Lipinski definition) is 0. The van der Waals surface area contributed by atoms with Crippen LogP contribution in [0.5, 0.6) is 0 Å². The van der Waals surface area contributed by atoms with Gasteiger partial charge in [0, 0.05) is 29.7 Å². The second kappa shape index (κ2) is 5.23. The van der Waals surface area contributed by atoms with Gasteiger partial charge in [-0.1, -0.05) is 17.7 Å². The van der Waals surface area contributed by atoms with Gasteiger partial charge in [-0.05, 0) is 30.0 Å². The highest BCUT2D eigenvalue weighted by molar-refractivity contribution is 6.31. The van der Waals surface area contributed by atoms with Crippen molar-refractivity contribution in [3.63, 3.8) is 0 Å². The maximum atomic E-state index is 11.0. The van der Waals surface area contributed by atoms with Crippen molar-refractivity contribution in [1.29, 1.82) is 0 Å². The highest BCUT2D eigenvalue weighted by atomic mass is 35.5. The van der Waals surface area contributed by atoms with Crippen LogP contribution in [0.25, 0.3) is 10.9 Å². The van der Waals surface area contributed by atoms with Crippen LogP contribution in [-0.2, 0) is 16.1 Å². The largest absolute Gasteiger partial charge is 0.469 e. The standard InChI is InChI=1S/C13H14ClNO2/c1-17-13(16)3-2-7-15-8-6-10-4-5-11(14)9-12(10)15/h4-6,8-9H,2-3,7H2,1H3. The molecular formula is C13H14ClNO2. The van der Waals surface area contributed by atoms with Crippen LogP contribution < -0.4 is 0 Å². The van der Waals surface area contributed by atoms with Crippen molar-refractivity contribution in [2.24, 2.45) is 0 Å². The fourth-order valence-corrected chi connectivity index (χ4v) is 2.01. The average molecular weight is 252 g/mol. The van der Waals surface area contributed by atoms with Crippen LogP contribution in [0.1, 0.15) is 12.8 Å². The van der Waals surface area contributed by atoms with Crippen molar-refractivity contribution in [3.05, 3.63) is 35.5 Å². The highest BCUT2D eigenvalue weighted by Gasteiger charge is 2.03. The summed E-state index contributed by atoms with van der Waals surface area (Å²) in [6.07, 6.45) is 3.22. The lowest BCUT2D eigenvalue weighted by Crippen LogP contribution is -2.03. The molecule has 17 heavy (non-hydrogen) atoms. The molecule has 0 amide bonds. The molecule has 0 saturated carbocycles. The van der Waals surface area contributed by atoms with Gasteiger partial charge >= 0.3 is 5.97 Å². The number of esters is 1. The number of methoxy groups -OCH3 is 1. The van der Waals surface area contributed by atoms with Crippen LogP contribution in [-0.4, -0.2) is 17.6 Å². The number of halogens is 1. The molecule has 0 bridgehead atoms. The molecule has 2 aromatic rings. The third-order valence-corrected chi connectivity index (χ3v) is 2.98. The number of carbonyl (C=O) groups is 1. The topological polar surface area (TPSA) is 31.2 Å². The van der Waals surface area contributed by atoms with Crippen molar-refractivity contribution in [2.75, 3.05) is 7.11 Å². The molecule has 0 aliphatic rings. The van der Waals surface area contributed by atoms with Crippen LogP contribution in [0.15, 0.2) is 30.5 Å². The van der Waals surface area contributed by atoms with E-state index >= 15 is 0 Å². The van der Waals surface area contributed by atoms with Crippen LogP contribution in [0.4, 0.5) is 0 Å². The molecule has 0 aliphatic heterocycles. The first-order chi connectivity index (χ1) is 8.20. The number of hydrogen-bond acceptors (Lipinski definition) is 2. The molecule has 0 radical (unpaired) electrons. The second-order valence-corrected chi connectivity index (χ2v) is 4.33. The van der Waals surface area contributed by atoms with E-state index in [2.05, 4.69) is 9.30 Å². The fourth-order valence-electron chi connectivity index (χ4n) is 1.85. The summed E-state index contributed by atoms with van der Waals surface area (Å²) in [7, 11) is 1.41. The van der Waals surface area contributed by atoms with Crippen molar-refractivity contribution >= 4 is 28.5 Å². The molecule has 2 rings (SSSR count). The van der Waals surface area contributed by atoms with E-state index in [1.807, 2.05) is 30.5 Å². The van der Waals surface area contributed by atoms with Gasteiger partial charge in [-0.2, -0.15) is 0 Å². The number of fused-ring (bicyclic) bond motifs is 1. The van der Waals surface area contributed by atoms with E-state index in [0.717, 1.165) is 28.9 Å². The number of aromatic nitrogens is 1. The van der Waals surface area contributed by atoms with Gasteiger partial charge in [0.15, 0.2) is 0 Å². The Labute approximate surface area is 105 Å². The Bertz CT molecular complexity index is 533. The summed E-state index contributed by atoms with van der Waals surface area (Å²) in [5.41, 5.74) is 1.10. The van der Waals surface area contributed by atoms with Gasteiger partial charge in [-0.25, -0.2) is 0 Å². The fraction of sp³-hybridized carbons (Fsp3) is 0.308. The molecule has 1 aromatic heterocycles. The minimum absolute atomic E-state index is 0.167. The molecule has 90 valence electrons. The monoisotopic (exact) mass is 251 g/mol. The number of nitrogens with zero attached hydrogens (tertiary/aromatic N) is 1. The van der Waals surface area contributed by atoms with Crippen LogP contribution in [0.2, 0.25) is 5.02 Å². The lowest BCUT2D eigenvalue weighted by Gasteiger charge is -2.05.